The third-order valence-electron chi connectivity index (χ3n) is 16.9. The van der Waals surface area contributed by atoms with Gasteiger partial charge >= 0.3 is 11.1 Å². The number of nitrogens with one attached hydrogen (secondary N) is 3. The van der Waals surface area contributed by atoms with Gasteiger partial charge in [-0.2, -0.15) is 0 Å². The molecule has 12 aromatic rings. The summed E-state index contributed by atoms with van der Waals surface area (Å²) in [6, 6.07) is 89.7. The number of nitrogens with two attached hydrogens (primary N) is 1. The largest absolute Gasteiger partial charge is 0.398 e. The second kappa shape index (κ2) is 22.7. The van der Waals surface area contributed by atoms with Crippen molar-refractivity contribution < 1.29 is 0 Å². The maximum atomic E-state index is 6.32. The lowest BCUT2D eigenvalue weighted by Crippen LogP contribution is -2.39. The summed E-state index contributed by atoms with van der Waals surface area (Å²) in [5.41, 5.74) is 29.6. The molecule has 0 bridgehead atoms. The van der Waals surface area contributed by atoms with Gasteiger partial charge in [0.15, 0.2) is 0 Å². The second-order valence-corrected chi connectivity index (χ2v) is 22.5. The van der Waals surface area contributed by atoms with Gasteiger partial charge in [0.05, 0.1) is 39.6 Å². The lowest BCUT2D eigenvalue weighted by molar-refractivity contribution is 0.442. The first kappa shape index (κ1) is 52.5. The van der Waals surface area contributed by atoms with Gasteiger partial charge < -0.3 is 16.4 Å². The molecular weight excluding hydrogens is 1060 g/mol. The number of hydrogen-bond donors (Lipinski definition) is 4. The molecule has 8 heteroatoms. The van der Waals surface area contributed by atoms with Gasteiger partial charge in [-0.15, -0.1) is 0 Å². The highest BCUT2D eigenvalue weighted by molar-refractivity contribution is 6.20. The van der Waals surface area contributed by atoms with Crippen LogP contribution in [0.3, 0.4) is 0 Å². The number of nitrogens with zero attached hydrogens (tertiary/aromatic N) is 4. The van der Waals surface area contributed by atoms with Crippen molar-refractivity contribution in [1.82, 2.24) is 30.6 Å². The third kappa shape index (κ3) is 10.9. The van der Waals surface area contributed by atoms with Gasteiger partial charge in [-0.25, -0.2) is 4.99 Å². The van der Waals surface area contributed by atoms with Crippen molar-refractivity contribution in [3.63, 3.8) is 0 Å². The minimum absolute atomic E-state index is 0.0747. The maximum absolute atomic E-state index is 6.32. The smallest absolute Gasteiger partial charge is 0.336 e. The van der Waals surface area contributed by atoms with Crippen LogP contribution in [0, 0.1) is 0 Å². The molecule has 0 spiro atoms. The summed E-state index contributed by atoms with van der Waals surface area (Å²) in [5.74, 6) is 0.807. The minimum atomic E-state index is -0.169. The van der Waals surface area contributed by atoms with Gasteiger partial charge in [-0.3, -0.25) is 15.3 Å². The molecule has 0 aliphatic carbocycles. The molecule has 2 aromatic heterocycles. The molecular formula is C79H59N8+. The fourth-order valence-corrected chi connectivity index (χ4v) is 12.0. The number of amidine groups is 1. The van der Waals surface area contributed by atoms with E-state index in [4.69, 9.17) is 25.4 Å². The first-order valence-electron chi connectivity index (χ1n) is 29.5. The fraction of sp³-hybridized carbons (Fsp3) is 0.0506. The lowest BCUT2D eigenvalue weighted by atomic mass is 9.95. The van der Waals surface area contributed by atoms with Gasteiger partial charge in [0.2, 0.25) is 0 Å². The topological polar surface area (TPSA) is 114 Å². The average Bonchev–Trinajstić information content (AvgIpc) is 2.99. The Kier molecular flexibility index (Phi) is 13.7. The molecule has 5 heterocycles. The van der Waals surface area contributed by atoms with Crippen LogP contribution >= 0.6 is 0 Å². The van der Waals surface area contributed by atoms with E-state index in [1.54, 1.807) is 0 Å². The molecule has 414 valence electrons. The predicted octanol–water partition coefficient (Wildman–Crippen LogP) is 15.0. The van der Waals surface area contributed by atoms with Crippen LogP contribution in [-0.4, -0.2) is 21.5 Å². The van der Waals surface area contributed by atoms with E-state index in [0.717, 1.165) is 144 Å². The number of allylic oxidation sites excluding steroid dienone is 1. The van der Waals surface area contributed by atoms with Crippen molar-refractivity contribution in [3.8, 4) is 33.4 Å². The van der Waals surface area contributed by atoms with Crippen LogP contribution in [-0.2, 0) is 0 Å². The number of para-hydroxylation sites is 4. The number of nitrogen functional groups attached to an aromatic ring is 1. The molecule has 0 saturated heterocycles. The van der Waals surface area contributed by atoms with E-state index >= 15 is 0 Å². The van der Waals surface area contributed by atoms with Gasteiger partial charge in [0.25, 0.3) is 0 Å². The molecule has 0 fully saturated rings. The third-order valence-corrected chi connectivity index (χ3v) is 16.9. The van der Waals surface area contributed by atoms with Crippen molar-refractivity contribution >= 4 is 68.2 Å². The highest BCUT2D eigenvalue weighted by Gasteiger charge is 2.26. The number of anilines is 1. The summed E-state index contributed by atoms with van der Waals surface area (Å²) >= 11 is 0. The van der Waals surface area contributed by atoms with Gasteiger partial charge in [0.1, 0.15) is 12.0 Å². The van der Waals surface area contributed by atoms with Gasteiger partial charge in [-0.05, 0) is 140 Å². The molecule has 15 rings (SSSR count). The van der Waals surface area contributed by atoms with Crippen LogP contribution in [0.25, 0.3) is 84.3 Å². The van der Waals surface area contributed by atoms with Crippen LogP contribution in [0.2, 0.25) is 0 Å². The number of benzene rings is 10. The zero-order valence-corrected chi connectivity index (χ0v) is 47.8. The summed E-state index contributed by atoms with van der Waals surface area (Å²) in [7, 11) is 0. The number of aromatic nitrogens is 2. The van der Waals surface area contributed by atoms with Crippen LogP contribution in [0.15, 0.2) is 284 Å². The monoisotopic (exact) mass is 1120 g/mol. The summed E-state index contributed by atoms with van der Waals surface area (Å²) in [4.78, 5) is 14.8. The first-order chi connectivity index (χ1) is 42.8. The Morgan fingerprint density at radius 2 is 0.977 bits per heavy atom. The van der Waals surface area contributed by atoms with E-state index in [2.05, 4.69) is 260 Å². The van der Waals surface area contributed by atoms with E-state index < -0.39 is 0 Å². The number of aliphatic imine (C=N–C) groups is 1. The quantitative estimate of drug-likeness (QED) is 0.0550. The molecule has 3 atom stereocenters. The Labute approximate surface area is 505 Å². The molecule has 0 saturated carbocycles. The Bertz CT molecular complexity index is 4920. The number of pyridine rings is 2. The Balaban J connectivity index is 0.713. The van der Waals surface area contributed by atoms with E-state index in [-0.39, 0.29) is 18.2 Å². The van der Waals surface area contributed by atoms with Crippen molar-refractivity contribution in [1.29, 1.82) is 0 Å². The van der Waals surface area contributed by atoms with Gasteiger partial charge in [0, 0.05) is 63.4 Å². The molecule has 5 N–H and O–H groups in total. The zero-order chi connectivity index (χ0) is 58.2. The molecule has 0 amide bonds. The van der Waals surface area contributed by atoms with Crippen LogP contribution in [0.5, 0.6) is 0 Å². The molecule has 0 radical (unpaired) electrons. The molecule has 3 unspecified atom stereocenters. The van der Waals surface area contributed by atoms with Crippen LogP contribution < -0.4 is 36.9 Å². The number of hydrogen-bond acceptors (Lipinski definition) is 7. The van der Waals surface area contributed by atoms with Gasteiger partial charge in [-0.1, -0.05) is 205 Å². The summed E-state index contributed by atoms with van der Waals surface area (Å²) in [6.07, 6.45) is 12.6. The summed E-state index contributed by atoms with van der Waals surface area (Å²) < 4.78 is 4.93. The molecule has 3 aliphatic rings. The summed E-state index contributed by atoms with van der Waals surface area (Å²) in [5, 5.41) is 16.0. The lowest BCUT2D eigenvalue weighted by Gasteiger charge is -2.33. The van der Waals surface area contributed by atoms with Crippen molar-refractivity contribution in [3.05, 3.63) is 340 Å². The minimum Gasteiger partial charge on any atom is -0.398 e. The standard InChI is InChI=1S/C79H59N8/c1-50(42-63-10-2-6-14-69(63)80)51-18-28-57(29-19-51)74-46-75(85-78(84-74)61-38-26-55(27-39-61)68-44-65-12-4-8-16-71(65)82-49-68)58-30-20-52(21-31-58)53-22-32-59(33-23-53)76-47-77(60-34-24-54(25-35-60)67-43-64-11-3-7-15-70(64)81-48-67)87-79(86-76)62-40-36-56(37-41-62)73-45-66-13-5-9-17-72(66)83-73/h2-49,74,77,79,86-87H,80H2,1H3,(H,84,85)/q+1/b50-42+. The highest BCUT2D eigenvalue weighted by atomic mass is 15.2. The second-order valence-electron chi connectivity index (χ2n) is 22.5. The van der Waals surface area contributed by atoms with E-state index in [1.807, 2.05) is 54.9 Å². The maximum Gasteiger partial charge on any atom is 0.336 e. The van der Waals surface area contributed by atoms with E-state index in [9.17, 15) is 0 Å². The normalized spacial score (nSPS) is 16.3. The molecule has 3 aliphatic heterocycles. The Morgan fingerprint density at radius 1 is 0.460 bits per heavy atom. The molecule has 8 nitrogen and oxygen atoms in total. The average molecular weight is 1120 g/mol. The SMILES string of the molecule is C/C(=C\c1ccccc1N)c1ccc(C2C=C(c3ccc(-c4ccc(C5=CC(c6ccc(-c7cnc8ccccc8c7)cc6)NC(c6ccc(C7=[N+]=c8ccccc8=C7)cc6)N5)cc4)cc3)N=C(c3ccc(-c4cnc5ccccc5c4)cc3)N2)cc1. The zero-order valence-electron chi connectivity index (χ0n) is 47.8. The van der Waals surface area contributed by atoms with Crippen LogP contribution in [0.1, 0.15) is 75.2 Å². The van der Waals surface area contributed by atoms with E-state index in [1.165, 1.54) is 5.56 Å². The van der Waals surface area contributed by atoms with Crippen molar-refractivity contribution in [2.75, 3.05) is 5.73 Å². The Hall–Kier alpha value is -11.3. The van der Waals surface area contributed by atoms with E-state index in [0.29, 0.717) is 0 Å². The first-order valence-corrected chi connectivity index (χ1v) is 29.5. The summed E-state index contributed by atoms with van der Waals surface area (Å²) in [6.45, 7) is 2.13. The number of rotatable bonds is 12. The van der Waals surface area contributed by atoms with Crippen molar-refractivity contribution in [2.45, 2.75) is 25.2 Å². The molecule has 87 heavy (non-hydrogen) atoms. The van der Waals surface area contributed by atoms with Crippen molar-refractivity contribution in [2.24, 2.45) is 4.99 Å². The predicted molar refractivity (Wildman–Crippen MR) is 359 cm³/mol. The number of fused-ring (bicyclic) bond motifs is 3. The van der Waals surface area contributed by atoms with Crippen LogP contribution in [0.4, 0.5) is 5.69 Å². The Morgan fingerprint density at radius 3 is 1.63 bits per heavy atom. The highest BCUT2D eigenvalue weighted by Crippen LogP contribution is 2.35. The fourth-order valence-electron chi connectivity index (χ4n) is 12.0. The molecule has 10 aromatic carbocycles.